The molecule has 0 saturated carbocycles. The van der Waals surface area contributed by atoms with Crippen molar-refractivity contribution in [1.82, 2.24) is 0 Å². The van der Waals surface area contributed by atoms with E-state index in [1.54, 1.807) is 6.92 Å². The second-order valence-corrected chi connectivity index (χ2v) is 3.81. The first-order chi connectivity index (χ1) is 5.46. The lowest BCUT2D eigenvalue weighted by molar-refractivity contribution is 1.47. The molecule has 0 aliphatic heterocycles. The molecule has 1 nitrogen and oxygen atoms in total. The van der Waals surface area contributed by atoms with Gasteiger partial charge in [0.05, 0.1) is 25.8 Å². The van der Waals surface area contributed by atoms with Gasteiger partial charge in [-0.25, -0.2) is 0 Å². The number of hydrogen-bond acceptors (Lipinski definition) is 1. The van der Waals surface area contributed by atoms with Crippen molar-refractivity contribution < 1.29 is 0 Å². The van der Waals surface area contributed by atoms with Crippen molar-refractivity contribution in [2.75, 3.05) is 5.73 Å². The molecule has 0 unspecified atom stereocenters. The van der Waals surface area contributed by atoms with E-state index in [2.05, 4.69) is 0 Å². The third-order valence-corrected chi connectivity index (χ3v) is 3.44. The zero-order valence-corrected chi connectivity index (χ0v) is 9.11. The van der Waals surface area contributed by atoms with Crippen LogP contribution in [0.5, 0.6) is 0 Å². The Hall–Kier alpha value is 0.180. The summed E-state index contributed by atoms with van der Waals surface area (Å²) in [7, 11) is 0. The second-order valence-electron chi connectivity index (χ2n) is 2.29. The van der Waals surface area contributed by atoms with E-state index in [1.165, 1.54) is 0 Å². The smallest absolute Gasteiger partial charge is 0.0840 e. The fourth-order valence-electron chi connectivity index (χ4n) is 0.758. The minimum atomic E-state index is 0.221. The van der Waals surface area contributed by atoms with Crippen LogP contribution in [0.4, 0.5) is 5.69 Å². The van der Waals surface area contributed by atoms with Crippen molar-refractivity contribution in [2.24, 2.45) is 0 Å². The Kier molecular flexibility index (Phi) is 3.00. The molecule has 0 fully saturated rings. The standard InChI is InChI=1S/C7H5Cl4N/c1-2-3(8)5(10)7(12)6(11)4(2)9/h12H2,1H3. The van der Waals surface area contributed by atoms with Gasteiger partial charge in [-0.05, 0) is 12.5 Å². The molecule has 0 aliphatic carbocycles. The van der Waals surface area contributed by atoms with Gasteiger partial charge in [-0.2, -0.15) is 0 Å². The van der Waals surface area contributed by atoms with Gasteiger partial charge in [-0.1, -0.05) is 46.4 Å². The van der Waals surface area contributed by atoms with Gasteiger partial charge in [0.15, 0.2) is 0 Å². The molecule has 0 heterocycles. The Balaban J connectivity index is 3.60. The lowest BCUT2D eigenvalue weighted by Gasteiger charge is -2.08. The number of anilines is 1. The lowest BCUT2D eigenvalue weighted by atomic mass is 10.2. The molecule has 1 aromatic carbocycles. The molecule has 0 radical (unpaired) electrons. The molecule has 12 heavy (non-hydrogen) atoms. The average Bonchev–Trinajstić information content (AvgIpc) is 2.08. The molecule has 0 spiro atoms. The Bertz CT molecular complexity index is 230. The van der Waals surface area contributed by atoms with E-state index < -0.39 is 0 Å². The van der Waals surface area contributed by atoms with Crippen molar-refractivity contribution in [2.45, 2.75) is 6.92 Å². The SMILES string of the molecule is Cc1c(Cl)c(Cl)c(N)c(Cl)c1Cl. The van der Waals surface area contributed by atoms with Gasteiger partial charge in [0, 0.05) is 0 Å². The summed E-state index contributed by atoms with van der Waals surface area (Å²) in [5.41, 5.74) is 6.38. The minimum absolute atomic E-state index is 0.221. The van der Waals surface area contributed by atoms with E-state index in [0.717, 1.165) is 0 Å². The number of hydrogen-bond donors (Lipinski definition) is 1. The maximum absolute atomic E-state index is 5.81. The Morgan fingerprint density at radius 2 is 1.17 bits per heavy atom. The summed E-state index contributed by atoms with van der Waals surface area (Å²) in [6.45, 7) is 1.72. The van der Waals surface area contributed by atoms with Crippen LogP contribution in [0.25, 0.3) is 0 Å². The van der Waals surface area contributed by atoms with E-state index >= 15 is 0 Å². The second kappa shape index (κ2) is 3.51. The third kappa shape index (κ3) is 1.47. The number of rotatable bonds is 0. The normalized spacial score (nSPS) is 10.4. The van der Waals surface area contributed by atoms with Gasteiger partial charge in [0.2, 0.25) is 0 Å². The van der Waals surface area contributed by atoms with Crippen molar-refractivity contribution >= 4 is 52.1 Å². The fraction of sp³-hybridized carbons (Fsp3) is 0.143. The van der Waals surface area contributed by atoms with Crippen LogP contribution >= 0.6 is 46.4 Å². The maximum atomic E-state index is 5.81. The van der Waals surface area contributed by atoms with Gasteiger partial charge < -0.3 is 5.73 Å². The van der Waals surface area contributed by atoms with Crippen LogP contribution in [0.15, 0.2) is 0 Å². The van der Waals surface area contributed by atoms with Crippen molar-refractivity contribution in [3.8, 4) is 0 Å². The van der Waals surface area contributed by atoms with Gasteiger partial charge >= 0.3 is 0 Å². The van der Waals surface area contributed by atoms with Crippen LogP contribution < -0.4 is 5.73 Å². The van der Waals surface area contributed by atoms with Crippen molar-refractivity contribution in [1.29, 1.82) is 0 Å². The summed E-state index contributed by atoms with van der Waals surface area (Å²) in [6, 6.07) is 0. The van der Waals surface area contributed by atoms with Crippen LogP contribution in [-0.4, -0.2) is 0 Å². The van der Waals surface area contributed by atoms with Crippen LogP contribution in [0.1, 0.15) is 5.56 Å². The van der Waals surface area contributed by atoms with E-state index in [-0.39, 0.29) is 15.7 Å². The molecular formula is C7H5Cl4N. The maximum Gasteiger partial charge on any atom is 0.0840 e. The van der Waals surface area contributed by atoms with E-state index in [9.17, 15) is 0 Å². The van der Waals surface area contributed by atoms with Crippen LogP contribution in [-0.2, 0) is 0 Å². The molecule has 0 atom stereocenters. The van der Waals surface area contributed by atoms with Crippen LogP contribution in [0.3, 0.4) is 0 Å². The monoisotopic (exact) mass is 243 g/mol. The van der Waals surface area contributed by atoms with Gasteiger partial charge in [-0.3, -0.25) is 0 Å². The van der Waals surface area contributed by atoms with Gasteiger partial charge in [0.25, 0.3) is 0 Å². The molecule has 1 rings (SSSR count). The van der Waals surface area contributed by atoms with Crippen LogP contribution in [0, 0.1) is 6.92 Å². The highest BCUT2D eigenvalue weighted by atomic mass is 35.5. The Morgan fingerprint density at radius 1 is 0.833 bits per heavy atom. The first kappa shape index (κ1) is 10.3. The molecule has 0 aliphatic rings. The van der Waals surface area contributed by atoms with E-state index in [1.807, 2.05) is 0 Å². The quantitative estimate of drug-likeness (QED) is 0.538. The van der Waals surface area contributed by atoms with Crippen LogP contribution in [0.2, 0.25) is 20.1 Å². The summed E-state index contributed by atoms with van der Waals surface area (Å²) in [4.78, 5) is 0. The molecule has 66 valence electrons. The highest BCUT2D eigenvalue weighted by Gasteiger charge is 2.14. The van der Waals surface area contributed by atoms with Gasteiger partial charge in [-0.15, -0.1) is 0 Å². The molecule has 0 saturated heterocycles. The zero-order valence-electron chi connectivity index (χ0n) is 6.09. The fourth-order valence-corrected chi connectivity index (χ4v) is 1.72. The highest BCUT2D eigenvalue weighted by molar-refractivity contribution is 6.50. The van der Waals surface area contributed by atoms with Crippen molar-refractivity contribution in [3.05, 3.63) is 25.7 Å². The molecule has 0 amide bonds. The minimum Gasteiger partial charge on any atom is -0.396 e. The highest BCUT2D eigenvalue weighted by Crippen LogP contribution is 2.42. The predicted molar refractivity (Wildman–Crippen MR) is 55.6 cm³/mol. The Labute approximate surface area is 90.3 Å². The average molecular weight is 245 g/mol. The zero-order chi connectivity index (χ0) is 9.46. The molecular weight excluding hydrogens is 240 g/mol. The number of halogens is 4. The first-order valence-corrected chi connectivity index (χ1v) is 4.56. The summed E-state index contributed by atoms with van der Waals surface area (Å²) in [5, 5.41) is 1.21. The molecule has 0 bridgehead atoms. The number of nitrogens with two attached hydrogens (primary N) is 1. The largest absolute Gasteiger partial charge is 0.396 e. The molecule has 0 aromatic heterocycles. The van der Waals surface area contributed by atoms with E-state index in [4.69, 9.17) is 52.1 Å². The topological polar surface area (TPSA) is 26.0 Å². The summed E-state index contributed by atoms with van der Waals surface area (Å²) >= 11 is 23.1. The van der Waals surface area contributed by atoms with Gasteiger partial charge in [0.1, 0.15) is 0 Å². The third-order valence-electron chi connectivity index (χ3n) is 1.52. The molecule has 2 N–H and O–H groups in total. The van der Waals surface area contributed by atoms with E-state index in [0.29, 0.717) is 15.6 Å². The Morgan fingerprint density at radius 3 is 1.50 bits per heavy atom. The van der Waals surface area contributed by atoms with Crippen molar-refractivity contribution in [3.63, 3.8) is 0 Å². The summed E-state index contributed by atoms with van der Waals surface area (Å²) in [6.07, 6.45) is 0. The number of benzene rings is 1. The summed E-state index contributed by atoms with van der Waals surface area (Å²) < 4.78 is 0. The first-order valence-electron chi connectivity index (χ1n) is 3.04. The number of nitrogen functional groups attached to an aromatic ring is 1. The lowest BCUT2D eigenvalue weighted by Crippen LogP contribution is -1.92. The predicted octanol–water partition coefficient (Wildman–Crippen LogP) is 4.19. The molecule has 1 aromatic rings. The summed E-state index contributed by atoms with van der Waals surface area (Å²) in [5.74, 6) is 0. The molecule has 5 heteroatoms.